The lowest BCUT2D eigenvalue weighted by Crippen LogP contribution is -2.34. The maximum Gasteiger partial charge on any atom is 0.131 e. The monoisotopic (exact) mass is 309 g/mol. The van der Waals surface area contributed by atoms with Crippen LogP contribution in [0.15, 0.2) is 12.1 Å². The summed E-state index contributed by atoms with van der Waals surface area (Å²) in [4.78, 5) is 0. The van der Waals surface area contributed by atoms with Crippen molar-refractivity contribution in [1.29, 1.82) is 0 Å². The van der Waals surface area contributed by atoms with Gasteiger partial charge in [0.15, 0.2) is 0 Å². The van der Waals surface area contributed by atoms with Crippen LogP contribution in [0.3, 0.4) is 0 Å². The first-order valence-electron chi connectivity index (χ1n) is 7.86. The second-order valence-corrected chi connectivity index (χ2v) is 5.86. The normalized spacial score (nSPS) is 18.6. The molecule has 0 aliphatic heterocycles. The molecule has 124 valence electrons. The quantitative estimate of drug-likeness (QED) is 0.845. The average molecular weight is 309 g/mol. The van der Waals surface area contributed by atoms with Gasteiger partial charge in [0.25, 0.3) is 0 Å². The Morgan fingerprint density at radius 3 is 2.00 bits per heavy atom. The van der Waals surface area contributed by atoms with Crippen LogP contribution in [0.2, 0.25) is 0 Å². The molecule has 0 bridgehead atoms. The smallest absolute Gasteiger partial charge is 0.131 e. The highest BCUT2D eigenvalue weighted by Gasteiger charge is 2.31. The molecule has 1 saturated carbocycles. The van der Waals surface area contributed by atoms with E-state index in [0.29, 0.717) is 22.8 Å². The van der Waals surface area contributed by atoms with Gasteiger partial charge in [-0.2, -0.15) is 0 Å². The summed E-state index contributed by atoms with van der Waals surface area (Å²) in [6.45, 7) is 0. The van der Waals surface area contributed by atoms with Crippen LogP contribution in [0.25, 0.3) is 0 Å². The number of aliphatic hydroxyl groups is 1. The van der Waals surface area contributed by atoms with Crippen molar-refractivity contribution in [2.24, 2.45) is 11.7 Å². The lowest BCUT2D eigenvalue weighted by atomic mass is 9.81. The van der Waals surface area contributed by atoms with Crippen LogP contribution in [0.1, 0.15) is 43.7 Å². The molecule has 0 amide bonds. The van der Waals surface area contributed by atoms with E-state index >= 15 is 0 Å². The van der Waals surface area contributed by atoms with E-state index in [4.69, 9.17) is 19.9 Å². The molecule has 1 aliphatic carbocycles. The minimum absolute atomic E-state index is 0.236. The van der Waals surface area contributed by atoms with E-state index in [1.165, 1.54) is 6.42 Å². The molecule has 0 saturated heterocycles. The van der Waals surface area contributed by atoms with Gasteiger partial charge in [0.1, 0.15) is 17.2 Å². The molecule has 1 aliphatic rings. The summed E-state index contributed by atoms with van der Waals surface area (Å²) >= 11 is 0. The molecule has 3 N–H and O–H groups in total. The molecular formula is C17H27NO4. The summed E-state index contributed by atoms with van der Waals surface area (Å²) in [6.07, 6.45) is 5.01. The summed E-state index contributed by atoms with van der Waals surface area (Å²) in [5.74, 6) is 2.04. The zero-order chi connectivity index (χ0) is 16.1. The molecule has 1 fully saturated rings. The molecule has 2 atom stereocenters. The predicted molar refractivity (Wildman–Crippen MR) is 85.6 cm³/mol. The second-order valence-electron chi connectivity index (χ2n) is 5.86. The molecule has 0 aromatic heterocycles. The highest BCUT2D eigenvalue weighted by Crippen LogP contribution is 2.41. The summed E-state index contributed by atoms with van der Waals surface area (Å²) in [7, 11) is 4.75. The van der Waals surface area contributed by atoms with Crippen LogP contribution in [0.4, 0.5) is 0 Å². The third kappa shape index (κ3) is 3.47. The van der Waals surface area contributed by atoms with Crippen LogP contribution in [-0.4, -0.2) is 32.5 Å². The van der Waals surface area contributed by atoms with Crippen LogP contribution in [0.5, 0.6) is 17.2 Å². The van der Waals surface area contributed by atoms with E-state index in [-0.39, 0.29) is 5.92 Å². The zero-order valence-electron chi connectivity index (χ0n) is 13.7. The number of rotatable bonds is 6. The Bertz CT molecular complexity index is 461. The van der Waals surface area contributed by atoms with Gasteiger partial charge >= 0.3 is 0 Å². The predicted octanol–water partition coefficient (Wildman–Crippen LogP) is 2.65. The molecule has 5 nitrogen and oxygen atoms in total. The zero-order valence-corrected chi connectivity index (χ0v) is 13.7. The number of ether oxygens (including phenoxy) is 3. The van der Waals surface area contributed by atoms with Gasteiger partial charge in [-0.25, -0.2) is 0 Å². The first-order valence-corrected chi connectivity index (χ1v) is 7.86. The molecule has 1 aromatic rings. The van der Waals surface area contributed by atoms with E-state index in [1.807, 2.05) is 0 Å². The molecule has 0 spiro atoms. The first kappa shape index (κ1) is 16.9. The highest BCUT2D eigenvalue weighted by molar-refractivity contribution is 5.52. The summed E-state index contributed by atoms with van der Waals surface area (Å²) in [6, 6.07) is 3.00. The Morgan fingerprint density at radius 1 is 1.00 bits per heavy atom. The van der Waals surface area contributed by atoms with Crippen molar-refractivity contribution in [3.05, 3.63) is 17.7 Å². The maximum atomic E-state index is 10.7. The van der Waals surface area contributed by atoms with E-state index in [1.54, 1.807) is 33.5 Å². The van der Waals surface area contributed by atoms with E-state index in [9.17, 15) is 5.11 Å². The van der Waals surface area contributed by atoms with Gasteiger partial charge in [0.2, 0.25) is 0 Å². The molecule has 5 heteroatoms. The third-order valence-electron chi connectivity index (χ3n) is 4.59. The fourth-order valence-corrected chi connectivity index (χ4v) is 3.30. The molecular weight excluding hydrogens is 282 g/mol. The number of hydrogen-bond acceptors (Lipinski definition) is 5. The van der Waals surface area contributed by atoms with Crippen molar-refractivity contribution in [3.8, 4) is 17.2 Å². The highest BCUT2D eigenvalue weighted by atomic mass is 16.5. The van der Waals surface area contributed by atoms with Gasteiger partial charge in [-0.15, -0.1) is 0 Å². The molecule has 2 rings (SSSR count). The number of nitrogens with two attached hydrogens (primary N) is 1. The Morgan fingerprint density at radius 2 is 1.55 bits per heavy atom. The van der Waals surface area contributed by atoms with E-state index < -0.39 is 12.1 Å². The van der Waals surface area contributed by atoms with E-state index in [0.717, 1.165) is 25.7 Å². The van der Waals surface area contributed by atoms with Crippen LogP contribution in [0, 0.1) is 5.92 Å². The number of methoxy groups -OCH3 is 3. The maximum absolute atomic E-state index is 10.7. The van der Waals surface area contributed by atoms with Crippen LogP contribution >= 0.6 is 0 Å². The van der Waals surface area contributed by atoms with Gasteiger partial charge in [-0.3, -0.25) is 0 Å². The van der Waals surface area contributed by atoms with Crippen molar-refractivity contribution in [1.82, 2.24) is 0 Å². The van der Waals surface area contributed by atoms with Crippen molar-refractivity contribution in [2.75, 3.05) is 21.3 Å². The molecule has 0 heterocycles. The first-order chi connectivity index (χ1) is 10.6. The Hall–Kier alpha value is -1.46. The minimum atomic E-state index is -0.600. The lowest BCUT2D eigenvalue weighted by Gasteiger charge is -2.31. The van der Waals surface area contributed by atoms with Crippen LogP contribution in [-0.2, 0) is 0 Å². The van der Waals surface area contributed by atoms with Crippen LogP contribution < -0.4 is 19.9 Å². The second kappa shape index (κ2) is 7.70. The van der Waals surface area contributed by atoms with E-state index in [2.05, 4.69) is 0 Å². The van der Waals surface area contributed by atoms with Gasteiger partial charge < -0.3 is 25.1 Å². The number of benzene rings is 1. The fraction of sp³-hybridized carbons (Fsp3) is 0.647. The average Bonchev–Trinajstić information content (AvgIpc) is 2.59. The van der Waals surface area contributed by atoms with Gasteiger partial charge in [-0.05, 0) is 18.8 Å². The topological polar surface area (TPSA) is 73.9 Å². The van der Waals surface area contributed by atoms with Crippen molar-refractivity contribution >= 4 is 0 Å². The summed E-state index contributed by atoms with van der Waals surface area (Å²) < 4.78 is 16.1. The Balaban J connectivity index is 2.32. The van der Waals surface area contributed by atoms with Gasteiger partial charge in [0.05, 0.1) is 39.0 Å². The fourth-order valence-electron chi connectivity index (χ4n) is 3.30. The minimum Gasteiger partial charge on any atom is -0.496 e. The molecule has 0 unspecified atom stereocenters. The van der Waals surface area contributed by atoms with Crippen molar-refractivity contribution in [2.45, 2.75) is 44.2 Å². The molecule has 0 radical (unpaired) electrons. The largest absolute Gasteiger partial charge is 0.496 e. The van der Waals surface area contributed by atoms with Gasteiger partial charge in [-0.1, -0.05) is 19.3 Å². The molecule has 1 aromatic carbocycles. The SMILES string of the molecule is COc1cc(OC)c([C@H](N)[C@H](O)C2CCCCC2)c(OC)c1. The van der Waals surface area contributed by atoms with Crippen molar-refractivity contribution < 1.29 is 19.3 Å². The van der Waals surface area contributed by atoms with Gasteiger partial charge in [0, 0.05) is 12.1 Å². The Kier molecular flexibility index (Phi) is 5.91. The number of hydrogen-bond donors (Lipinski definition) is 2. The summed E-state index contributed by atoms with van der Waals surface area (Å²) in [5, 5.41) is 10.7. The van der Waals surface area contributed by atoms with Crippen molar-refractivity contribution in [3.63, 3.8) is 0 Å². The summed E-state index contributed by atoms with van der Waals surface area (Å²) in [5.41, 5.74) is 7.06. The molecule has 22 heavy (non-hydrogen) atoms. The lowest BCUT2D eigenvalue weighted by molar-refractivity contribution is 0.0603. The third-order valence-corrected chi connectivity index (χ3v) is 4.59. The standard InChI is InChI=1S/C17H27NO4/c1-20-12-9-13(21-2)15(14(10-12)22-3)16(18)17(19)11-7-5-4-6-8-11/h9-11,16-17,19H,4-8,18H2,1-3H3/t16-,17+/m0/s1. The number of aliphatic hydroxyl groups excluding tert-OH is 1. The Labute approximate surface area is 132 Å².